The van der Waals surface area contributed by atoms with Gasteiger partial charge in [-0.15, -0.1) is 0 Å². The Hall–Kier alpha value is -1.38. The molecule has 12 heavy (non-hydrogen) atoms. The molecule has 0 aliphatic carbocycles. The lowest BCUT2D eigenvalue weighted by Gasteiger charge is -2.01. The summed E-state index contributed by atoms with van der Waals surface area (Å²) in [6.45, 7) is 3.00. The first-order chi connectivity index (χ1) is 5.86. The third kappa shape index (κ3) is 2.34. The van der Waals surface area contributed by atoms with Crippen molar-refractivity contribution in [2.24, 2.45) is 0 Å². The second-order valence-corrected chi connectivity index (χ2v) is 2.52. The standard InChI is InChI=1S/C9H12N2O/c1-2-5-10-9-4-3-8(7-12)6-11-9/h3-4,6-7H,2,5H2,1H3,(H,10,11). The number of anilines is 1. The highest BCUT2D eigenvalue weighted by atomic mass is 16.1. The summed E-state index contributed by atoms with van der Waals surface area (Å²) < 4.78 is 0. The number of rotatable bonds is 4. The average molecular weight is 164 g/mol. The molecule has 0 unspecified atom stereocenters. The van der Waals surface area contributed by atoms with E-state index in [0.29, 0.717) is 5.56 Å². The molecule has 1 aromatic heterocycles. The van der Waals surface area contributed by atoms with Gasteiger partial charge in [-0.3, -0.25) is 4.79 Å². The van der Waals surface area contributed by atoms with E-state index < -0.39 is 0 Å². The minimum atomic E-state index is 0.608. The fourth-order valence-electron chi connectivity index (χ4n) is 0.833. The number of carbonyl (C=O) groups excluding carboxylic acids is 1. The summed E-state index contributed by atoms with van der Waals surface area (Å²) in [5.74, 6) is 0.822. The Bertz CT molecular complexity index is 243. The van der Waals surface area contributed by atoms with Gasteiger partial charge in [-0.1, -0.05) is 6.92 Å². The second kappa shape index (κ2) is 4.49. The number of carbonyl (C=O) groups is 1. The minimum Gasteiger partial charge on any atom is -0.370 e. The van der Waals surface area contributed by atoms with Gasteiger partial charge in [0.05, 0.1) is 0 Å². The van der Waals surface area contributed by atoms with E-state index in [2.05, 4.69) is 17.2 Å². The average Bonchev–Trinajstić information content (AvgIpc) is 2.15. The molecule has 0 saturated heterocycles. The van der Waals surface area contributed by atoms with Gasteiger partial charge >= 0.3 is 0 Å². The molecule has 0 fully saturated rings. The van der Waals surface area contributed by atoms with Crippen molar-refractivity contribution in [3.8, 4) is 0 Å². The van der Waals surface area contributed by atoms with Crippen LogP contribution >= 0.6 is 0 Å². The maximum atomic E-state index is 10.3. The van der Waals surface area contributed by atoms with E-state index in [4.69, 9.17) is 0 Å². The van der Waals surface area contributed by atoms with Crippen molar-refractivity contribution in [3.05, 3.63) is 23.9 Å². The van der Waals surface area contributed by atoms with Crippen LogP contribution in [0.2, 0.25) is 0 Å². The van der Waals surface area contributed by atoms with Gasteiger partial charge in [-0.25, -0.2) is 4.98 Å². The summed E-state index contributed by atoms with van der Waals surface area (Å²) in [7, 11) is 0. The molecule has 64 valence electrons. The molecule has 0 saturated carbocycles. The largest absolute Gasteiger partial charge is 0.370 e. The Balaban J connectivity index is 2.58. The highest BCUT2D eigenvalue weighted by molar-refractivity contribution is 5.74. The number of nitrogens with one attached hydrogen (secondary N) is 1. The number of aldehydes is 1. The molecule has 0 radical (unpaired) electrons. The van der Waals surface area contributed by atoms with Gasteiger partial charge < -0.3 is 5.32 Å². The monoisotopic (exact) mass is 164 g/mol. The highest BCUT2D eigenvalue weighted by Gasteiger charge is 1.92. The SMILES string of the molecule is CCCNc1ccc(C=O)cn1. The van der Waals surface area contributed by atoms with Crippen LogP contribution in [0.3, 0.4) is 0 Å². The lowest BCUT2D eigenvalue weighted by molar-refractivity contribution is 0.112. The molecule has 0 aliphatic heterocycles. The van der Waals surface area contributed by atoms with Crippen LogP contribution in [0, 0.1) is 0 Å². The van der Waals surface area contributed by atoms with Gasteiger partial charge in [-0.2, -0.15) is 0 Å². The Morgan fingerprint density at radius 2 is 2.42 bits per heavy atom. The molecule has 0 amide bonds. The number of hydrogen-bond donors (Lipinski definition) is 1. The predicted octanol–water partition coefficient (Wildman–Crippen LogP) is 1.72. The summed E-state index contributed by atoms with van der Waals surface area (Å²) in [4.78, 5) is 14.3. The number of nitrogens with zero attached hydrogens (tertiary/aromatic N) is 1. The van der Waals surface area contributed by atoms with E-state index in [-0.39, 0.29) is 0 Å². The number of aromatic nitrogens is 1. The molecule has 1 aromatic rings. The first kappa shape index (κ1) is 8.71. The van der Waals surface area contributed by atoms with Crippen molar-refractivity contribution in [1.29, 1.82) is 0 Å². The Morgan fingerprint density at radius 1 is 1.58 bits per heavy atom. The number of hydrogen-bond acceptors (Lipinski definition) is 3. The molecule has 0 bridgehead atoms. The molecule has 1 N–H and O–H groups in total. The van der Waals surface area contributed by atoms with Crippen molar-refractivity contribution in [2.45, 2.75) is 13.3 Å². The van der Waals surface area contributed by atoms with E-state index in [9.17, 15) is 4.79 Å². The normalized spacial score (nSPS) is 9.42. The predicted molar refractivity (Wildman–Crippen MR) is 48.4 cm³/mol. The van der Waals surface area contributed by atoms with Gasteiger partial charge in [0.2, 0.25) is 0 Å². The first-order valence-corrected chi connectivity index (χ1v) is 4.02. The quantitative estimate of drug-likeness (QED) is 0.689. The molecule has 0 aliphatic rings. The minimum absolute atomic E-state index is 0.608. The maximum Gasteiger partial charge on any atom is 0.151 e. The van der Waals surface area contributed by atoms with Crippen molar-refractivity contribution >= 4 is 12.1 Å². The molecule has 1 heterocycles. The van der Waals surface area contributed by atoms with Crippen molar-refractivity contribution in [2.75, 3.05) is 11.9 Å². The van der Waals surface area contributed by atoms with E-state index in [1.54, 1.807) is 18.3 Å². The third-order valence-electron chi connectivity index (χ3n) is 1.48. The van der Waals surface area contributed by atoms with Crippen LogP contribution in [0.4, 0.5) is 5.82 Å². The summed E-state index contributed by atoms with van der Waals surface area (Å²) in [5.41, 5.74) is 0.608. The van der Waals surface area contributed by atoms with Crippen LogP contribution in [0.25, 0.3) is 0 Å². The lowest BCUT2D eigenvalue weighted by atomic mass is 10.3. The molecule has 0 atom stereocenters. The summed E-state index contributed by atoms with van der Waals surface area (Å²) in [5, 5.41) is 3.12. The topological polar surface area (TPSA) is 42.0 Å². The second-order valence-electron chi connectivity index (χ2n) is 2.52. The molecule has 0 aromatic carbocycles. The maximum absolute atomic E-state index is 10.3. The lowest BCUT2D eigenvalue weighted by Crippen LogP contribution is -2.01. The van der Waals surface area contributed by atoms with Gasteiger partial charge in [0.1, 0.15) is 5.82 Å². The van der Waals surface area contributed by atoms with E-state index in [0.717, 1.165) is 25.1 Å². The van der Waals surface area contributed by atoms with Gasteiger partial charge in [0, 0.05) is 18.3 Å². The fourth-order valence-corrected chi connectivity index (χ4v) is 0.833. The Kier molecular flexibility index (Phi) is 3.26. The first-order valence-electron chi connectivity index (χ1n) is 4.02. The van der Waals surface area contributed by atoms with E-state index in [1.807, 2.05) is 0 Å². The number of pyridine rings is 1. The Labute approximate surface area is 71.8 Å². The summed E-state index contributed by atoms with van der Waals surface area (Å²) in [6.07, 6.45) is 3.42. The smallest absolute Gasteiger partial charge is 0.151 e. The molecule has 0 spiro atoms. The van der Waals surface area contributed by atoms with Gasteiger partial charge in [0.15, 0.2) is 6.29 Å². The third-order valence-corrected chi connectivity index (χ3v) is 1.48. The molecular weight excluding hydrogens is 152 g/mol. The molecule has 3 heteroatoms. The van der Waals surface area contributed by atoms with Gasteiger partial charge in [0.25, 0.3) is 0 Å². The van der Waals surface area contributed by atoms with Crippen LogP contribution < -0.4 is 5.32 Å². The highest BCUT2D eigenvalue weighted by Crippen LogP contribution is 2.02. The van der Waals surface area contributed by atoms with Gasteiger partial charge in [-0.05, 0) is 18.6 Å². The van der Waals surface area contributed by atoms with Crippen LogP contribution in [-0.4, -0.2) is 17.8 Å². The van der Waals surface area contributed by atoms with Crippen LogP contribution in [0.5, 0.6) is 0 Å². The molecular formula is C9H12N2O. The zero-order chi connectivity index (χ0) is 8.81. The van der Waals surface area contributed by atoms with Crippen LogP contribution in [-0.2, 0) is 0 Å². The zero-order valence-corrected chi connectivity index (χ0v) is 7.08. The summed E-state index contributed by atoms with van der Waals surface area (Å²) in [6, 6.07) is 3.55. The molecule has 1 rings (SSSR count). The summed E-state index contributed by atoms with van der Waals surface area (Å²) >= 11 is 0. The molecule has 3 nitrogen and oxygen atoms in total. The van der Waals surface area contributed by atoms with Crippen LogP contribution in [0.15, 0.2) is 18.3 Å². The zero-order valence-electron chi connectivity index (χ0n) is 7.08. The van der Waals surface area contributed by atoms with Crippen LogP contribution in [0.1, 0.15) is 23.7 Å². The fraction of sp³-hybridized carbons (Fsp3) is 0.333. The van der Waals surface area contributed by atoms with Crippen molar-refractivity contribution in [3.63, 3.8) is 0 Å². The van der Waals surface area contributed by atoms with E-state index in [1.165, 1.54) is 0 Å². The van der Waals surface area contributed by atoms with Crippen molar-refractivity contribution < 1.29 is 4.79 Å². The Morgan fingerprint density at radius 3 is 2.92 bits per heavy atom. The van der Waals surface area contributed by atoms with E-state index >= 15 is 0 Å². The van der Waals surface area contributed by atoms with Crippen molar-refractivity contribution in [1.82, 2.24) is 4.98 Å².